The fraction of sp³-hybridized carbons (Fsp3) is 0. The number of ether oxygens (including phenoxy) is 1. The van der Waals surface area contributed by atoms with Crippen LogP contribution >= 0.6 is 34.2 Å². The van der Waals surface area contributed by atoms with Crippen molar-refractivity contribution in [3.05, 3.63) is 49.4 Å². The Balaban J connectivity index is 2.35. The first kappa shape index (κ1) is 13.0. The summed E-state index contributed by atoms with van der Waals surface area (Å²) in [4.78, 5) is 17.4. The molecule has 0 fully saturated rings. The number of nitro groups is 1. The van der Waals surface area contributed by atoms with Gasteiger partial charge in [-0.1, -0.05) is 0 Å². The number of halogens is 2. The summed E-state index contributed by atoms with van der Waals surface area (Å²) in [6.45, 7) is 0. The van der Waals surface area contributed by atoms with Crippen molar-refractivity contribution in [2.75, 3.05) is 0 Å². The Labute approximate surface area is 120 Å². The molecule has 0 unspecified atom stereocenters. The summed E-state index contributed by atoms with van der Waals surface area (Å²) in [6.07, 6.45) is 1.01. The van der Waals surface area contributed by atoms with Crippen molar-refractivity contribution < 1.29 is 9.66 Å². The standard InChI is InChI=1S/C10H5ClIN3O3/c11-10-13-5-8(15(16)17)9(14-10)18-7-3-1-6(12)2-4-7/h1-5H. The van der Waals surface area contributed by atoms with Crippen LogP contribution in [0.15, 0.2) is 30.5 Å². The molecule has 0 saturated heterocycles. The van der Waals surface area contributed by atoms with Gasteiger partial charge in [-0.2, -0.15) is 4.98 Å². The summed E-state index contributed by atoms with van der Waals surface area (Å²) in [7, 11) is 0. The SMILES string of the molecule is O=[N+]([O-])c1cnc(Cl)nc1Oc1ccc(I)cc1. The van der Waals surface area contributed by atoms with Crippen LogP contribution in [0.25, 0.3) is 0 Å². The molecule has 0 amide bonds. The number of hydrogen-bond acceptors (Lipinski definition) is 5. The maximum Gasteiger partial charge on any atom is 0.349 e. The third-order valence-corrected chi connectivity index (χ3v) is 2.83. The van der Waals surface area contributed by atoms with Crippen LogP contribution in [-0.4, -0.2) is 14.9 Å². The fourth-order valence-electron chi connectivity index (χ4n) is 1.15. The molecule has 0 aliphatic rings. The predicted octanol–water partition coefficient (Wildman–Crippen LogP) is 3.44. The van der Waals surface area contributed by atoms with E-state index in [-0.39, 0.29) is 16.9 Å². The van der Waals surface area contributed by atoms with E-state index < -0.39 is 4.92 Å². The number of hydrogen-bond donors (Lipinski definition) is 0. The lowest BCUT2D eigenvalue weighted by molar-refractivity contribution is -0.386. The predicted molar refractivity (Wildman–Crippen MR) is 72.9 cm³/mol. The Hall–Kier alpha value is -1.48. The molecule has 0 radical (unpaired) electrons. The van der Waals surface area contributed by atoms with Gasteiger partial charge in [0.25, 0.3) is 0 Å². The van der Waals surface area contributed by atoms with E-state index in [9.17, 15) is 10.1 Å². The molecule has 2 aromatic rings. The van der Waals surface area contributed by atoms with Crippen molar-refractivity contribution in [1.82, 2.24) is 9.97 Å². The summed E-state index contributed by atoms with van der Waals surface area (Å²) < 4.78 is 6.35. The Bertz CT molecular complexity index is 591. The minimum absolute atomic E-state index is 0.110. The van der Waals surface area contributed by atoms with Gasteiger partial charge in [0.15, 0.2) is 0 Å². The monoisotopic (exact) mass is 377 g/mol. The first-order valence-corrected chi connectivity index (χ1v) is 6.12. The lowest BCUT2D eigenvalue weighted by atomic mass is 10.3. The van der Waals surface area contributed by atoms with Gasteiger partial charge in [0.2, 0.25) is 5.28 Å². The maximum atomic E-state index is 10.8. The number of benzene rings is 1. The summed E-state index contributed by atoms with van der Waals surface area (Å²) in [5.41, 5.74) is -0.335. The van der Waals surface area contributed by atoms with E-state index in [4.69, 9.17) is 16.3 Å². The second-order valence-electron chi connectivity index (χ2n) is 3.14. The van der Waals surface area contributed by atoms with E-state index in [1.54, 1.807) is 12.1 Å². The molecule has 18 heavy (non-hydrogen) atoms. The number of nitrogens with zero attached hydrogens (tertiary/aromatic N) is 3. The zero-order valence-corrected chi connectivity index (χ0v) is 11.6. The molecule has 0 aliphatic carbocycles. The summed E-state index contributed by atoms with van der Waals surface area (Å²) in [5, 5.41) is 10.7. The Morgan fingerprint density at radius 2 is 2.00 bits per heavy atom. The number of aromatic nitrogens is 2. The van der Waals surface area contributed by atoms with Crippen LogP contribution in [0.4, 0.5) is 5.69 Å². The largest absolute Gasteiger partial charge is 0.434 e. The zero-order valence-electron chi connectivity index (χ0n) is 8.71. The molecule has 0 saturated carbocycles. The van der Waals surface area contributed by atoms with Gasteiger partial charge < -0.3 is 4.74 Å². The van der Waals surface area contributed by atoms with Gasteiger partial charge in [-0.25, -0.2) is 4.98 Å². The molecular weight excluding hydrogens is 372 g/mol. The lowest BCUT2D eigenvalue weighted by Crippen LogP contribution is -1.97. The molecule has 1 aromatic carbocycles. The van der Waals surface area contributed by atoms with Crippen molar-refractivity contribution in [2.24, 2.45) is 0 Å². The average molecular weight is 378 g/mol. The third-order valence-electron chi connectivity index (χ3n) is 1.93. The highest BCUT2D eigenvalue weighted by molar-refractivity contribution is 14.1. The van der Waals surface area contributed by atoms with E-state index in [2.05, 4.69) is 32.6 Å². The van der Waals surface area contributed by atoms with Gasteiger partial charge in [-0.3, -0.25) is 10.1 Å². The van der Waals surface area contributed by atoms with Crippen molar-refractivity contribution in [3.63, 3.8) is 0 Å². The first-order valence-electron chi connectivity index (χ1n) is 4.66. The highest BCUT2D eigenvalue weighted by Crippen LogP contribution is 2.29. The van der Waals surface area contributed by atoms with Crippen molar-refractivity contribution >= 4 is 39.9 Å². The first-order chi connectivity index (χ1) is 8.56. The maximum absolute atomic E-state index is 10.8. The van der Waals surface area contributed by atoms with Crippen LogP contribution in [-0.2, 0) is 0 Å². The van der Waals surface area contributed by atoms with Crippen molar-refractivity contribution in [2.45, 2.75) is 0 Å². The second kappa shape index (κ2) is 5.44. The highest BCUT2D eigenvalue weighted by atomic mass is 127. The van der Waals surface area contributed by atoms with Gasteiger partial charge >= 0.3 is 11.6 Å². The van der Waals surface area contributed by atoms with E-state index >= 15 is 0 Å². The van der Waals surface area contributed by atoms with E-state index in [1.807, 2.05) is 12.1 Å². The molecular formula is C10H5ClIN3O3. The average Bonchev–Trinajstić information content (AvgIpc) is 2.32. The molecule has 0 aliphatic heterocycles. The van der Waals surface area contributed by atoms with Crippen LogP contribution in [0.3, 0.4) is 0 Å². The highest BCUT2D eigenvalue weighted by Gasteiger charge is 2.19. The van der Waals surface area contributed by atoms with Crippen LogP contribution in [0.2, 0.25) is 5.28 Å². The summed E-state index contributed by atoms with van der Waals surface area (Å²) in [5.74, 6) is 0.259. The van der Waals surface area contributed by atoms with Crippen molar-refractivity contribution in [1.29, 1.82) is 0 Å². The molecule has 92 valence electrons. The molecule has 2 rings (SSSR count). The Kier molecular flexibility index (Phi) is 3.92. The summed E-state index contributed by atoms with van der Waals surface area (Å²) >= 11 is 7.73. The lowest BCUT2D eigenvalue weighted by Gasteiger charge is -2.04. The van der Waals surface area contributed by atoms with E-state index in [0.29, 0.717) is 5.75 Å². The molecule has 0 bridgehead atoms. The Morgan fingerprint density at radius 3 is 2.61 bits per heavy atom. The van der Waals surface area contributed by atoms with Gasteiger partial charge in [0.1, 0.15) is 11.9 Å². The van der Waals surface area contributed by atoms with Gasteiger partial charge in [0.05, 0.1) is 4.92 Å². The van der Waals surface area contributed by atoms with Gasteiger partial charge in [-0.05, 0) is 58.5 Å². The third kappa shape index (κ3) is 3.05. The quantitative estimate of drug-likeness (QED) is 0.354. The van der Waals surface area contributed by atoms with Crippen LogP contribution in [0, 0.1) is 13.7 Å². The topological polar surface area (TPSA) is 78.2 Å². The second-order valence-corrected chi connectivity index (χ2v) is 4.73. The molecule has 0 spiro atoms. The zero-order chi connectivity index (χ0) is 13.1. The molecule has 0 atom stereocenters. The van der Waals surface area contributed by atoms with Crippen LogP contribution in [0.5, 0.6) is 11.6 Å². The van der Waals surface area contributed by atoms with E-state index in [0.717, 1.165) is 9.77 Å². The van der Waals surface area contributed by atoms with Crippen LogP contribution in [0.1, 0.15) is 0 Å². The number of rotatable bonds is 3. The summed E-state index contributed by atoms with van der Waals surface area (Å²) in [6, 6.07) is 6.98. The van der Waals surface area contributed by atoms with Gasteiger partial charge in [-0.15, -0.1) is 0 Å². The van der Waals surface area contributed by atoms with Crippen LogP contribution < -0.4 is 4.74 Å². The minimum Gasteiger partial charge on any atom is -0.434 e. The smallest absolute Gasteiger partial charge is 0.349 e. The molecule has 1 heterocycles. The van der Waals surface area contributed by atoms with Crippen molar-refractivity contribution in [3.8, 4) is 11.6 Å². The molecule has 8 heteroatoms. The minimum atomic E-state index is -0.627. The molecule has 1 aromatic heterocycles. The van der Waals surface area contributed by atoms with E-state index in [1.165, 1.54) is 0 Å². The molecule has 0 N–H and O–H groups in total. The molecule has 6 nitrogen and oxygen atoms in total. The fourth-order valence-corrected chi connectivity index (χ4v) is 1.64. The normalized spacial score (nSPS) is 10.1. The van der Waals surface area contributed by atoms with Gasteiger partial charge in [0, 0.05) is 3.57 Å². The Morgan fingerprint density at radius 1 is 1.33 bits per heavy atom.